The number of nitrogens with zero attached hydrogens (tertiary/aromatic N) is 1. The lowest BCUT2D eigenvalue weighted by atomic mass is 9.98. The molecule has 0 spiro atoms. The number of furan rings is 1. The number of aryl methyl sites for hydroxylation is 2. The third kappa shape index (κ3) is 3.86. The van der Waals surface area contributed by atoms with Crippen molar-refractivity contribution in [1.82, 2.24) is 0 Å². The van der Waals surface area contributed by atoms with Gasteiger partial charge in [-0.1, -0.05) is 19.1 Å². The van der Waals surface area contributed by atoms with Gasteiger partial charge in [-0.25, -0.2) is 0 Å². The molecule has 0 bridgehead atoms. The summed E-state index contributed by atoms with van der Waals surface area (Å²) in [5.41, 5.74) is 1.83. The predicted octanol–water partition coefficient (Wildman–Crippen LogP) is 4.79. The Morgan fingerprint density at radius 1 is 1.03 bits per heavy atom. The van der Waals surface area contributed by atoms with Crippen LogP contribution in [0.3, 0.4) is 0 Å². The van der Waals surface area contributed by atoms with E-state index in [0.29, 0.717) is 28.7 Å². The number of aliphatic hydroxyl groups excluding tert-OH is 1. The molecule has 1 aliphatic heterocycles. The van der Waals surface area contributed by atoms with E-state index in [0.717, 1.165) is 12.0 Å². The minimum absolute atomic E-state index is 0.0719. The molecule has 170 valence electrons. The van der Waals surface area contributed by atoms with E-state index in [9.17, 15) is 14.7 Å². The Morgan fingerprint density at radius 2 is 1.76 bits per heavy atom. The first kappa shape index (κ1) is 22.2. The van der Waals surface area contributed by atoms with E-state index >= 15 is 0 Å². The highest BCUT2D eigenvalue weighted by atomic mass is 16.5. The van der Waals surface area contributed by atoms with Gasteiger partial charge in [-0.05, 0) is 55.3 Å². The Morgan fingerprint density at radius 3 is 2.33 bits per heavy atom. The van der Waals surface area contributed by atoms with Crippen molar-refractivity contribution >= 4 is 23.1 Å². The van der Waals surface area contributed by atoms with E-state index in [4.69, 9.17) is 13.9 Å². The topological polar surface area (TPSA) is 89.2 Å². The maximum atomic E-state index is 13.2. The SMILES string of the molecule is CCc1ccc(N2C(=O)C(=O)/C(=C(\O)c3ccc(OC)cc3OC)C2c2ccc(C)o2)cc1. The molecule has 1 saturated heterocycles. The van der Waals surface area contributed by atoms with Gasteiger partial charge in [-0.3, -0.25) is 14.5 Å². The number of hydrogen-bond donors (Lipinski definition) is 1. The predicted molar refractivity (Wildman–Crippen MR) is 124 cm³/mol. The summed E-state index contributed by atoms with van der Waals surface area (Å²) >= 11 is 0. The van der Waals surface area contributed by atoms with Crippen LogP contribution in [0.4, 0.5) is 5.69 Å². The second-order valence-electron chi connectivity index (χ2n) is 7.70. The van der Waals surface area contributed by atoms with Crippen molar-refractivity contribution in [2.24, 2.45) is 0 Å². The van der Waals surface area contributed by atoms with Crippen LogP contribution in [0.15, 0.2) is 64.6 Å². The molecule has 2 aromatic carbocycles. The van der Waals surface area contributed by atoms with Gasteiger partial charge in [-0.2, -0.15) is 0 Å². The molecule has 33 heavy (non-hydrogen) atoms. The Bertz CT molecular complexity index is 1240. The van der Waals surface area contributed by atoms with Gasteiger partial charge in [0.05, 0.1) is 25.4 Å². The summed E-state index contributed by atoms with van der Waals surface area (Å²) in [6, 6.07) is 14.8. The van der Waals surface area contributed by atoms with Crippen LogP contribution in [0.25, 0.3) is 5.76 Å². The van der Waals surface area contributed by atoms with Gasteiger partial charge in [0, 0.05) is 11.8 Å². The first-order valence-corrected chi connectivity index (χ1v) is 10.6. The molecule has 1 atom stereocenters. The van der Waals surface area contributed by atoms with Crippen molar-refractivity contribution in [2.45, 2.75) is 26.3 Å². The van der Waals surface area contributed by atoms with Crippen molar-refractivity contribution in [2.75, 3.05) is 19.1 Å². The maximum absolute atomic E-state index is 13.2. The second-order valence-corrected chi connectivity index (χ2v) is 7.70. The van der Waals surface area contributed by atoms with Crippen molar-refractivity contribution < 1.29 is 28.6 Å². The summed E-state index contributed by atoms with van der Waals surface area (Å²) in [4.78, 5) is 27.8. The number of benzene rings is 2. The normalized spacial score (nSPS) is 17.5. The van der Waals surface area contributed by atoms with Crippen molar-refractivity contribution in [3.8, 4) is 11.5 Å². The largest absolute Gasteiger partial charge is 0.507 e. The summed E-state index contributed by atoms with van der Waals surface area (Å²) in [5, 5.41) is 11.3. The lowest BCUT2D eigenvalue weighted by Gasteiger charge is -2.23. The first-order valence-electron chi connectivity index (χ1n) is 10.6. The van der Waals surface area contributed by atoms with E-state index in [2.05, 4.69) is 0 Å². The van der Waals surface area contributed by atoms with Crippen molar-refractivity contribution in [1.29, 1.82) is 0 Å². The molecule has 7 nitrogen and oxygen atoms in total. The van der Waals surface area contributed by atoms with Crippen LogP contribution in [-0.2, 0) is 16.0 Å². The molecule has 1 amide bonds. The van der Waals surface area contributed by atoms with E-state index < -0.39 is 17.7 Å². The summed E-state index contributed by atoms with van der Waals surface area (Å²) in [6.07, 6.45) is 0.844. The molecule has 0 saturated carbocycles. The van der Waals surface area contributed by atoms with E-state index in [1.807, 2.05) is 19.1 Å². The Balaban J connectivity index is 1.92. The van der Waals surface area contributed by atoms with E-state index in [1.54, 1.807) is 49.4 Å². The van der Waals surface area contributed by atoms with Crippen LogP contribution in [0.1, 0.15) is 35.6 Å². The highest BCUT2D eigenvalue weighted by Gasteiger charge is 2.48. The number of methoxy groups -OCH3 is 2. The molecule has 0 radical (unpaired) electrons. The third-order valence-electron chi connectivity index (χ3n) is 5.76. The van der Waals surface area contributed by atoms with Crippen LogP contribution >= 0.6 is 0 Å². The molecule has 1 fully saturated rings. The third-order valence-corrected chi connectivity index (χ3v) is 5.76. The molecule has 1 aromatic heterocycles. The molecular formula is C26H25NO6. The molecule has 7 heteroatoms. The molecule has 1 N–H and O–H groups in total. The lowest BCUT2D eigenvalue weighted by molar-refractivity contribution is -0.132. The Labute approximate surface area is 191 Å². The number of carbonyl (C=O) groups is 2. The molecule has 4 rings (SSSR count). The molecule has 1 unspecified atom stereocenters. The number of carbonyl (C=O) groups excluding carboxylic acids is 2. The minimum atomic E-state index is -0.932. The zero-order valence-corrected chi connectivity index (χ0v) is 18.9. The molecule has 1 aliphatic rings. The number of amides is 1. The zero-order valence-electron chi connectivity index (χ0n) is 18.9. The summed E-state index contributed by atoms with van der Waals surface area (Å²) < 4.78 is 16.5. The molecular weight excluding hydrogens is 422 g/mol. The van der Waals surface area contributed by atoms with Crippen LogP contribution in [-0.4, -0.2) is 31.0 Å². The van der Waals surface area contributed by atoms with Gasteiger partial charge in [-0.15, -0.1) is 0 Å². The number of hydrogen-bond acceptors (Lipinski definition) is 6. The van der Waals surface area contributed by atoms with Crippen molar-refractivity contribution in [3.05, 3.63) is 82.8 Å². The number of anilines is 1. The molecule has 3 aromatic rings. The monoisotopic (exact) mass is 447 g/mol. The van der Waals surface area contributed by atoms with Gasteiger partial charge in [0.15, 0.2) is 0 Å². The van der Waals surface area contributed by atoms with Crippen LogP contribution in [0.2, 0.25) is 0 Å². The highest BCUT2D eigenvalue weighted by Crippen LogP contribution is 2.44. The van der Waals surface area contributed by atoms with E-state index in [-0.39, 0.29) is 16.9 Å². The van der Waals surface area contributed by atoms with Crippen molar-refractivity contribution in [3.63, 3.8) is 0 Å². The first-order chi connectivity index (χ1) is 15.9. The maximum Gasteiger partial charge on any atom is 0.300 e. The van der Waals surface area contributed by atoms with Gasteiger partial charge in [0.2, 0.25) is 0 Å². The summed E-state index contributed by atoms with van der Waals surface area (Å²) in [7, 11) is 2.97. The second kappa shape index (κ2) is 8.86. The fraction of sp³-hybridized carbons (Fsp3) is 0.231. The zero-order chi connectivity index (χ0) is 23.7. The summed E-state index contributed by atoms with van der Waals surface area (Å²) in [5.74, 6) is -0.0621. The smallest absolute Gasteiger partial charge is 0.300 e. The number of ether oxygens (including phenoxy) is 2. The van der Waals surface area contributed by atoms with Gasteiger partial charge in [0.1, 0.15) is 34.8 Å². The Kier molecular flexibility index (Phi) is 5.96. The number of rotatable bonds is 6. The lowest BCUT2D eigenvalue weighted by Crippen LogP contribution is -2.29. The van der Waals surface area contributed by atoms with Gasteiger partial charge in [0.25, 0.3) is 11.7 Å². The number of aliphatic hydroxyl groups is 1. The number of Topliss-reactive ketones (excluding diaryl/α,β-unsaturated/α-hetero) is 1. The summed E-state index contributed by atoms with van der Waals surface area (Å²) in [6.45, 7) is 3.81. The fourth-order valence-corrected chi connectivity index (χ4v) is 4.00. The molecule has 0 aliphatic carbocycles. The average molecular weight is 447 g/mol. The quantitative estimate of drug-likeness (QED) is 0.332. The van der Waals surface area contributed by atoms with Crippen LogP contribution in [0, 0.1) is 6.92 Å². The number of ketones is 1. The average Bonchev–Trinajstić information content (AvgIpc) is 3.38. The van der Waals surface area contributed by atoms with Gasteiger partial charge >= 0.3 is 0 Å². The standard InChI is InChI=1S/C26H25NO6/c1-5-16-7-9-17(10-8-16)27-23(20-13-6-15(2)33-20)22(25(29)26(27)30)24(28)19-12-11-18(31-3)14-21(19)32-4/h6-14,23,28H,5H2,1-4H3/b24-22-. The van der Waals surface area contributed by atoms with Crippen LogP contribution < -0.4 is 14.4 Å². The van der Waals surface area contributed by atoms with Gasteiger partial charge < -0.3 is 19.0 Å². The highest BCUT2D eigenvalue weighted by molar-refractivity contribution is 6.51. The molecule has 2 heterocycles. The van der Waals surface area contributed by atoms with Crippen LogP contribution in [0.5, 0.6) is 11.5 Å². The minimum Gasteiger partial charge on any atom is -0.507 e. The Hall–Kier alpha value is -4.00. The van der Waals surface area contributed by atoms with E-state index in [1.165, 1.54) is 19.1 Å². The fourth-order valence-electron chi connectivity index (χ4n) is 4.00.